The van der Waals surface area contributed by atoms with E-state index in [2.05, 4.69) is 14.6 Å². The Bertz CT molecular complexity index is 746. The average Bonchev–Trinajstić information content (AvgIpc) is 2.94. The van der Waals surface area contributed by atoms with Gasteiger partial charge in [-0.15, -0.1) is 5.10 Å². The second-order valence-corrected chi connectivity index (χ2v) is 4.87. The SMILES string of the molecule is CCc1nnsc1C(=O)c1cccc2cccnc12. The monoisotopic (exact) mass is 269 g/mol. The molecular formula is C14H11N3OS. The van der Waals surface area contributed by atoms with E-state index in [9.17, 15) is 4.79 Å². The summed E-state index contributed by atoms with van der Waals surface area (Å²) in [4.78, 5) is 17.5. The Kier molecular flexibility index (Phi) is 3.05. The van der Waals surface area contributed by atoms with Crippen LogP contribution in [0, 0.1) is 0 Å². The maximum absolute atomic E-state index is 12.6. The molecule has 0 radical (unpaired) electrons. The lowest BCUT2D eigenvalue weighted by atomic mass is 10.0. The average molecular weight is 269 g/mol. The molecule has 94 valence electrons. The summed E-state index contributed by atoms with van der Waals surface area (Å²) in [6.45, 7) is 1.97. The summed E-state index contributed by atoms with van der Waals surface area (Å²) in [5.41, 5.74) is 2.09. The predicted octanol–water partition coefficient (Wildman–Crippen LogP) is 2.88. The number of rotatable bonds is 3. The van der Waals surface area contributed by atoms with Crippen LogP contribution in [0.25, 0.3) is 10.9 Å². The van der Waals surface area contributed by atoms with E-state index in [1.54, 1.807) is 12.3 Å². The topological polar surface area (TPSA) is 55.7 Å². The van der Waals surface area contributed by atoms with Gasteiger partial charge >= 0.3 is 0 Å². The zero-order valence-electron chi connectivity index (χ0n) is 10.3. The number of aryl methyl sites for hydroxylation is 1. The fourth-order valence-electron chi connectivity index (χ4n) is 2.02. The standard InChI is InChI=1S/C14H11N3OS/c1-2-11-14(19-17-16-11)13(18)10-7-3-5-9-6-4-8-15-12(9)10/h3-8H,2H2,1H3. The Hall–Kier alpha value is -2.14. The van der Waals surface area contributed by atoms with Gasteiger partial charge in [0.05, 0.1) is 11.2 Å². The fraction of sp³-hybridized carbons (Fsp3) is 0.143. The van der Waals surface area contributed by atoms with E-state index in [0.717, 1.165) is 28.1 Å². The van der Waals surface area contributed by atoms with Gasteiger partial charge in [-0.1, -0.05) is 29.6 Å². The van der Waals surface area contributed by atoms with Crippen molar-refractivity contribution in [3.63, 3.8) is 0 Å². The summed E-state index contributed by atoms with van der Waals surface area (Å²) < 4.78 is 3.87. The van der Waals surface area contributed by atoms with Crippen molar-refractivity contribution in [2.24, 2.45) is 0 Å². The van der Waals surface area contributed by atoms with Gasteiger partial charge in [-0.3, -0.25) is 9.78 Å². The van der Waals surface area contributed by atoms with Crippen molar-refractivity contribution in [1.82, 2.24) is 14.6 Å². The number of hydrogen-bond donors (Lipinski definition) is 0. The van der Waals surface area contributed by atoms with Gasteiger partial charge < -0.3 is 0 Å². The maximum Gasteiger partial charge on any atom is 0.208 e. The molecule has 2 heterocycles. The minimum Gasteiger partial charge on any atom is -0.287 e. The third-order valence-electron chi connectivity index (χ3n) is 2.97. The molecule has 2 aromatic heterocycles. The largest absolute Gasteiger partial charge is 0.287 e. The Balaban J connectivity index is 2.17. The lowest BCUT2D eigenvalue weighted by molar-refractivity contribution is 0.104. The molecule has 0 saturated heterocycles. The molecule has 0 saturated carbocycles. The van der Waals surface area contributed by atoms with Gasteiger partial charge in [-0.05, 0) is 30.1 Å². The Morgan fingerprint density at radius 2 is 2.11 bits per heavy atom. The molecule has 0 bridgehead atoms. The van der Waals surface area contributed by atoms with Crippen molar-refractivity contribution < 1.29 is 4.79 Å². The molecule has 0 amide bonds. The van der Waals surface area contributed by atoms with Crippen molar-refractivity contribution in [3.8, 4) is 0 Å². The summed E-state index contributed by atoms with van der Waals surface area (Å²) in [5, 5.41) is 4.95. The zero-order valence-corrected chi connectivity index (χ0v) is 11.1. The van der Waals surface area contributed by atoms with E-state index in [0.29, 0.717) is 16.9 Å². The van der Waals surface area contributed by atoms with Gasteiger partial charge in [0.15, 0.2) is 0 Å². The number of nitrogens with zero attached hydrogens (tertiary/aromatic N) is 3. The molecule has 0 unspecified atom stereocenters. The van der Waals surface area contributed by atoms with Crippen LogP contribution in [0.4, 0.5) is 0 Å². The van der Waals surface area contributed by atoms with E-state index < -0.39 is 0 Å². The van der Waals surface area contributed by atoms with Crippen LogP contribution in [-0.2, 0) is 6.42 Å². The summed E-state index contributed by atoms with van der Waals surface area (Å²) in [6.07, 6.45) is 2.40. The number of pyridine rings is 1. The summed E-state index contributed by atoms with van der Waals surface area (Å²) >= 11 is 1.15. The van der Waals surface area contributed by atoms with Crippen molar-refractivity contribution in [1.29, 1.82) is 0 Å². The number of ketones is 1. The smallest absolute Gasteiger partial charge is 0.208 e. The fourth-order valence-corrected chi connectivity index (χ4v) is 2.73. The molecular weight excluding hydrogens is 258 g/mol. The number of para-hydroxylation sites is 1. The first-order valence-electron chi connectivity index (χ1n) is 6.01. The van der Waals surface area contributed by atoms with Crippen molar-refractivity contribution >= 4 is 28.2 Å². The molecule has 0 aliphatic carbocycles. The van der Waals surface area contributed by atoms with Crippen molar-refractivity contribution in [2.45, 2.75) is 13.3 Å². The second kappa shape index (κ2) is 4.85. The van der Waals surface area contributed by atoms with E-state index in [-0.39, 0.29) is 5.78 Å². The maximum atomic E-state index is 12.6. The van der Waals surface area contributed by atoms with Crippen LogP contribution in [0.1, 0.15) is 27.9 Å². The van der Waals surface area contributed by atoms with Gasteiger partial charge in [0.2, 0.25) is 5.78 Å². The Morgan fingerprint density at radius 3 is 2.95 bits per heavy atom. The molecule has 0 spiro atoms. The molecule has 0 aliphatic rings. The van der Waals surface area contributed by atoms with E-state index >= 15 is 0 Å². The molecule has 5 heteroatoms. The first kappa shape index (κ1) is 11.9. The third-order valence-corrected chi connectivity index (χ3v) is 3.74. The molecule has 19 heavy (non-hydrogen) atoms. The number of carbonyl (C=O) groups is 1. The highest BCUT2D eigenvalue weighted by Crippen LogP contribution is 2.22. The quantitative estimate of drug-likeness (QED) is 0.686. The molecule has 0 atom stereocenters. The highest BCUT2D eigenvalue weighted by molar-refractivity contribution is 7.08. The second-order valence-electron chi connectivity index (χ2n) is 4.11. The minimum absolute atomic E-state index is 0.0452. The molecule has 3 rings (SSSR count). The van der Waals surface area contributed by atoms with Crippen LogP contribution in [0.2, 0.25) is 0 Å². The molecule has 0 aliphatic heterocycles. The summed E-state index contributed by atoms with van der Waals surface area (Å²) in [6, 6.07) is 9.44. The molecule has 4 nitrogen and oxygen atoms in total. The first-order chi connectivity index (χ1) is 9.31. The van der Waals surface area contributed by atoms with Gasteiger partial charge in [0.25, 0.3) is 0 Å². The number of fused-ring (bicyclic) bond motifs is 1. The van der Waals surface area contributed by atoms with E-state index in [4.69, 9.17) is 0 Å². The van der Waals surface area contributed by atoms with Crippen LogP contribution in [0.3, 0.4) is 0 Å². The van der Waals surface area contributed by atoms with Crippen LogP contribution < -0.4 is 0 Å². The minimum atomic E-state index is -0.0452. The number of hydrogen-bond acceptors (Lipinski definition) is 5. The van der Waals surface area contributed by atoms with E-state index in [1.807, 2.05) is 31.2 Å². The van der Waals surface area contributed by atoms with Crippen LogP contribution >= 0.6 is 11.5 Å². The zero-order chi connectivity index (χ0) is 13.2. The highest BCUT2D eigenvalue weighted by Gasteiger charge is 2.19. The first-order valence-corrected chi connectivity index (χ1v) is 6.78. The molecule has 3 aromatic rings. The lowest BCUT2D eigenvalue weighted by Crippen LogP contribution is -2.04. The molecule has 1 aromatic carbocycles. The predicted molar refractivity (Wildman–Crippen MR) is 74.5 cm³/mol. The van der Waals surface area contributed by atoms with Gasteiger partial charge in [-0.25, -0.2) is 0 Å². The number of carbonyl (C=O) groups excluding carboxylic acids is 1. The van der Waals surface area contributed by atoms with Gasteiger partial charge in [0.1, 0.15) is 4.88 Å². The van der Waals surface area contributed by atoms with Crippen molar-refractivity contribution in [2.75, 3.05) is 0 Å². The van der Waals surface area contributed by atoms with Gasteiger partial charge in [-0.2, -0.15) is 0 Å². The Labute approximate surface area is 114 Å². The molecule has 0 N–H and O–H groups in total. The van der Waals surface area contributed by atoms with Crippen LogP contribution in [0.5, 0.6) is 0 Å². The van der Waals surface area contributed by atoms with Crippen LogP contribution in [0.15, 0.2) is 36.5 Å². The Morgan fingerprint density at radius 1 is 1.26 bits per heavy atom. The normalized spacial score (nSPS) is 10.8. The van der Waals surface area contributed by atoms with Crippen molar-refractivity contribution in [3.05, 3.63) is 52.7 Å². The highest BCUT2D eigenvalue weighted by atomic mass is 32.1. The summed E-state index contributed by atoms with van der Waals surface area (Å²) in [5.74, 6) is -0.0452. The molecule has 0 fully saturated rings. The lowest BCUT2D eigenvalue weighted by Gasteiger charge is -2.03. The number of benzene rings is 1. The number of aromatic nitrogens is 3. The van der Waals surface area contributed by atoms with E-state index in [1.165, 1.54) is 0 Å². The van der Waals surface area contributed by atoms with Gasteiger partial charge in [0, 0.05) is 17.1 Å². The summed E-state index contributed by atoms with van der Waals surface area (Å²) in [7, 11) is 0. The van der Waals surface area contributed by atoms with Crippen LogP contribution in [-0.4, -0.2) is 20.4 Å². The third kappa shape index (κ3) is 2.02.